The average molecular weight is 639 g/mol. The number of fused-ring (bicyclic) bond motifs is 2. The first-order chi connectivity index (χ1) is 23.6. The maximum Gasteiger partial charge on any atom is 0.255 e. The van der Waals surface area contributed by atoms with Crippen LogP contribution < -0.4 is 10.1 Å². The molecule has 0 radical (unpaired) electrons. The Kier molecular flexibility index (Phi) is 7.79. The number of aromatic amines is 2. The van der Waals surface area contributed by atoms with Crippen molar-refractivity contribution in [2.75, 3.05) is 31.6 Å². The number of rotatable bonds is 9. The van der Waals surface area contributed by atoms with Gasteiger partial charge in [-0.05, 0) is 80.0 Å². The predicted octanol–water partition coefficient (Wildman–Crippen LogP) is 7.10. The van der Waals surface area contributed by atoms with Crippen LogP contribution in [0.3, 0.4) is 0 Å². The lowest BCUT2D eigenvalue weighted by Gasteiger charge is -2.15. The summed E-state index contributed by atoms with van der Waals surface area (Å²) in [7, 11) is 0. The number of hydrogen-bond donors (Lipinski definition) is 3. The molecule has 5 aromatic heterocycles. The predicted molar refractivity (Wildman–Crippen MR) is 183 cm³/mol. The SMILES string of the molecule is O=C(Nc1cncc(-c2ccc3[nH]nc(-c4cc5c(-c6cc(F)cc(OCCN7CCCC7)c6)cncc5[nH]4)c3n2)c1)c1ccccc1. The minimum atomic E-state index is -0.371. The van der Waals surface area contributed by atoms with Crippen molar-refractivity contribution in [2.24, 2.45) is 0 Å². The molecular formula is C37H31FN8O2. The molecule has 10 nitrogen and oxygen atoms in total. The Balaban J connectivity index is 1.08. The zero-order valence-corrected chi connectivity index (χ0v) is 25.9. The van der Waals surface area contributed by atoms with E-state index in [1.807, 2.05) is 48.5 Å². The minimum absolute atomic E-state index is 0.220. The number of benzene rings is 2. The molecule has 3 N–H and O–H groups in total. The van der Waals surface area contributed by atoms with E-state index >= 15 is 0 Å². The average Bonchev–Trinajstić information content (AvgIpc) is 3.88. The van der Waals surface area contributed by atoms with Gasteiger partial charge < -0.3 is 15.0 Å². The highest BCUT2D eigenvalue weighted by atomic mass is 19.1. The summed E-state index contributed by atoms with van der Waals surface area (Å²) in [5, 5.41) is 11.4. The number of carbonyl (C=O) groups is 1. The standard InChI is InChI=1S/C37H31FN8O2/c38-26-14-24(16-28(17-26)48-13-12-46-10-4-5-11-46)30-21-40-22-34-29(30)18-33(42-34)36-35-32(44-45-36)9-8-31(43-35)25-15-27(20-39-19-25)41-37(47)23-6-2-1-3-7-23/h1-3,6-9,14-22,42H,4-5,10-13H2,(H,41,47)(H,44,45). The van der Waals surface area contributed by atoms with Crippen LogP contribution in [0.25, 0.3) is 55.7 Å². The van der Waals surface area contributed by atoms with E-state index in [1.54, 1.807) is 36.9 Å². The number of carbonyl (C=O) groups excluding carboxylic acids is 1. The van der Waals surface area contributed by atoms with E-state index in [1.165, 1.54) is 25.0 Å². The van der Waals surface area contributed by atoms with E-state index in [-0.39, 0.29) is 11.7 Å². The van der Waals surface area contributed by atoms with Crippen molar-refractivity contribution < 1.29 is 13.9 Å². The molecule has 0 unspecified atom stereocenters. The Bertz CT molecular complexity index is 2260. The van der Waals surface area contributed by atoms with Gasteiger partial charge in [-0.1, -0.05) is 18.2 Å². The van der Waals surface area contributed by atoms with Crippen LogP contribution in [0.1, 0.15) is 23.2 Å². The first-order valence-corrected chi connectivity index (χ1v) is 15.9. The van der Waals surface area contributed by atoms with E-state index in [0.717, 1.165) is 52.9 Å². The fourth-order valence-electron chi connectivity index (χ4n) is 6.20. The lowest BCUT2D eigenvalue weighted by Crippen LogP contribution is -2.25. The normalized spacial score (nSPS) is 13.4. The fourth-order valence-corrected chi connectivity index (χ4v) is 6.20. The monoisotopic (exact) mass is 638 g/mol. The second-order valence-corrected chi connectivity index (χ2v) is 11.9. The minimum Gasteiger partial charge on any atom is -0.492 e. The third-order valence-electron chi connectivity index (χ3n) is 8.59. The van der Waals surface area contributed by atoms with Gasteiger partial charge in [-0.25, -0.2) is 9.37 Å². The van der Waals surface area contributed by atoms with Crippen LogP contribution in [0.5, 0.6) is 5.75 Å². The van der Waals surface area contributed by atoms with E-state index in [9.17, 15) is 9.18 Å². The highest BCUT2D eigenvalue weighted by Crippen LogP contribution is 2.35. The third kappa shape index (κ3) is 5.98. The van der Waals surface area contributed by atoms with Crippen LogP contribution >= 0.6 is 0 Å². The molecule has 0 atom stereocenters. The summed E-state index contributed by atoms with van der Waals surface area (Å²) in [4.78, 5) is 32.2. The van der Waals surface area contributed by atoms with E-state index in [4.69, 9.17) is 9.72 Å². The molecule has 238 valence electrons. The van der Waals surface area contributed by atoms with Crippen LogP contribution in [0.15, 0.2) is 97.6 Å². The molecule has 0 spiro atoms. The molecule has 1 amide bonds. The van der Waals surface area contributed by atoms with Gasteiger partial charge in [0.15, 0.2) is 0 Å². The summed E-state index contributed by atoms with van der Waals surface area (Å²) in [5.41, 5.74) is 7.52. The van der Waals surface area contributed by atoms with Crippen molar-refractivity contribution in [3.63, 3.8) is 0 Å². The Hall–Kier alpha value is -5.94. The van der Waals surface area contributed by atoms with E-state index < -0.39 is 0 Å². The first kappa shape index (κ1) is 29.5. The Morgan fingerprint density at radius 2 is 1.75 bits per heavy atom. The summed E-state index contributed by atoms with van der Waals surface area (Å²) < 4.78 is 20.8. The van der Waals surface area contributed by atoms with Crippen molar-refractivity contribution in [3.05, 3.63) is 109 Å². The Labute approximate surface area is 275 Å². The Morgan fingerprint density at radius 3 is 2.62 bits per heavy atom. The molecule has 7 aromatic rings. The van der Waals surface area contributed by atoms with Gasteiger partial charge in [0.2, 0.25) is 0 Å². The summed E-state index contributed by atoms with van der Waals surface area (Å²) in [6.45, 7) is 3.50. The van der Waals surface area contributed by atoms with Gasteiger partial charge in [-0.2, -0.15) is 5.10 Å². The summed E-state index contributed by atoms with van der Waals surface area (Å²) >= 11 is 0. The lowest BCUT2D eigenvalue weighted by atomic mass is 10.0. The molecule has 11 heteroatoms. The number of hydrogen-bond acceptors (Lipinski definition) is 7. The molecule has 8 rings (SSSR count). The second-order valence-electron chi connectivity index (χ2n) is 11.9. The number of nitrogens with zero attached hydrogens (tertiary/aromatic N) is 5. The van der Waals surface area contributed by atoms with Gasteiger partial charge in [0.25, 0.3) is 5.91 Å². The summed E-state index contributed by atoms with van der Waals surface area (Å²) in [6, 6.07) is 21.4. The number of H-pyrrole nitrogens is 2. The molecule has 0 saturated carbocycles. The van der Waals surface area contributed by atoms with Crippen molar-refractivity contribution in [1.29, 1.82) is 0 Å². The molecule has 1 fully saturated rings. The molecule has 2 aromatic carbocycles. The number of likely N-dealkylation sites (tertiary alicyclic amines) is 1. The molecule has 6 heterocycles. The van der Waals surface area contributed by atoms with Crippen LogP contribution in [0.4, 0.5) is 10.1 Å². The topological polar surface area (TPSA) is 125 Å². The number of amides is 1. The van der Waals surface area contributed by atoms with Gasteiger partial charge in [0, 0.05) is 47.1 Å². The molecule has 1 aliphatic heterocycles. The number of ether oxygens (including phenoxy) is 1. The molecule has 1 aliphatic rings. The van der Waals surface area contributed by atoms with Crippen molar-refractivity contribution in [1.82, 2.24) is 35.0 Å². The quantitative estimate of drug-likeness (QED) is 0.154. The van der Waals surface area contributed by atoms with Crippen LogP contribution in [0.2, 0.25) is 0 Å². The molecule has 0 aliphatic carbocycles. The van der Waals surface area contributed by atoms with Gasteiger partial charge in [-0.15, -0.1) is 0 Å². The van der Waals surface area contributed by atoms with Crippen molar-refractivity contribution in [2.45, 2.75) is 12.8 Å². The maximum atomic E-state index is 14.8. The van der Waals surface area contributed by atoms with Crippen LogP contribution in [-0.2, 0) is 0 Å². The van der Waals surface area contributed by atoms with Gasteiger partial charge in [0.1, 0.15) is 29.4 Å². The molecule has 1 saturated heterocycles. The summed E-state index contributed by atoms with van der Waals surface area (Å²) in [5.74, 6) is -0.0999. The largest absolute Gasteiger partial charge is 0.492 e. The second kappa shape index (κ2) is 12.7. The lowest BCUT2D eigenvalue weighted by molar-refractivity contribution is 0.102. The van der Waals surface area contributed by atoms with Crippen molar-refractivity contribution >= 4 is 33.5 Å². The fraction of sp³-hybridized carbons (Fsp3) is 0.162. The first-order valence-electron chi connectivity index (χ1n) is 15.9. The number of halogens is 1. The number of nitrogens with one attached hydrogen (secondary N) is 3. The molecule has 48 heavy (non-hydrogen) atoms. The van der Waals surface area contributed by atoms with Gasteiger partial charge in [-0.3, -0.25) is 24.8 Å². The zero-order valence-electron chi connectivity index (χ0n) is 25.9. The van der Waals surface area contributed by atoms with Crippen LogP contribution in [0, 0.1) is 5.82 Å². The Morgan fingerprint density at radius 1 is 0.896 bits per heavy atom. The third-order valence-corrected chi connectivity index (χ3v) is 8.59. The smallest absolute Gasteiger partial charge is 0.255 e. The van der Waals surface area contributed by atoms with Gasteiger partial charge in [0.05, 0.1) is 40.5 Å². The number of pyridine rings is 3. The van der Waals surface area contributed by atoms with E-state index in [2.05, 4.69) is 35.4 Å². The van der Waals surface area contributed by atoms with Crippen LogP contribution in [-0.4, -0.2) is 67.2 Å². The highest BCUT2D eigenvalue weighted by molar-refractivity contribution is 6.04. The van der Waals surface area contributed by atoms with Crippen molar-refractivity contribution in [3.8, 4) is 39.5 Å². The number of aromatic nitrogens is 6. The molecule has 0 bridgehead atoms. The maximum absolute atomic E-state index is 14.8. The highest BCUT2D eigenvalue weighted by Gasteiger charge is 2.17. The number of anilines is 1. The molecular weight excluding hydrogens is 607 g/mol. The van der Waals surface area contributed by atoms with Gasteiger partial charge >= 0.3 is 0 Å². The van der Waals surface area contributed by atoms with E-state index in [0.29, 0.717) is 46.1 Å². The zero-order chi connectivity index (χ0) is 32.5. The summed E-state index contributed by atoms with van der Waals surface area (Å²) in [6.07, 6.45) is 9.21.